The minimum atomic E-state index is -0.336. The Labute approximate surface area is 191 Å². The Morgan fingerprint density at radius 2 is 1.56 bits per heavy atom. The van der Waals surface area contributed by atoms with Gasteiger partial charge in [-0.2, -0.15) is 0 Å². The van der Waals surface area contributed by atoms with Crippen LogP contribution in [0.4, 0.5) is 4.39 Å². The van der Waals surface area contributed by atoms with Gasteiger partial charge in [-0.05, 0) is 62.4 Å². The van der Waals surface area contributed by atoms with Crippen molar-refractivity contribution in [2.75, 3.05) is 19.0 Å². The van der Waals surface area contributed by atoms with Crippen LogP contribution in [-0.4, -0.2) is 33.7 Å². The molecular weight excluding hydrogens is 425 g/mol. The Balaban J connectivity index is 1.56. The van der Waals surface area contributed by atoms with Gasteiger partial charge in [-0.1, -0.05) is 41.6 Å². The van der Waals surface area contributed by atoms with E-state index in [0.717, 1.165) is 17.1 Å². The molecule has 0 aliphatic heterocycles. The molecule has 0 aliphatic rings. The Hall–Kier alpha value is -3.32. The first-order valence-electron chi connectivity index (χ1n) is 10.4. The molecule has 0 atom stereocenters. The maximum Gasteiger partial charge on any atom is 0.196 e. The van der Waals surface area contributed by atoms with Crippen LogP contribution in [0.3, 0.4) is 0 Å². The van der Waals surface area contributed by atoms with Crippen LogP contribution in [0.15, 0.2) is 78.0 Å². The van der Waals surface area contributed by atoms with E-state index in [4.69, 9.17) is 9.47 Å². The second kappa shape index (κ2) is 10.3. The van der Waals surface area contributed by atoms with Crippen LogP contribution in [-0.2, 0) is 0 Å². The van der Waals surface area contributed by atoms with Crippen molar-refractivity contribution in [2.24, 2.45) is 0 Å². The first-order chi connectivity index (χ1) is 15.7. The predicted molar refractivity (Wildman–Crippen MR) is 125 cm³/mol. The number of rotatable bonds is 9. The highest BCUT2D eigenvalue weighted by atomic mass is 32.2. The minimum absolute atomic E-state index is 0.336. The lowest BCUT2D eigenvalue weighted by molar-refractivity contribution is 0.340. The van der Waals surface area contributed by atoms with E-state index >= 15 is 0 Å². The van der Waals surface area contributed by atoms with Gasteiger partial charge >= 0.3 is 0 Å². The molecule has 164 valence electrons. The second-order valence-electron chi connectivity index (χ2n) is 7.06. The molecule has 4 rings (SSSR count). The van der Waals surface area contributed by atoms with Crippen LogP contribution in [0.25, 0.3) is 17.1 Å². The summed E-state index contributed by atoms with van der Waals surface area (Å²) in [6.07, 6.45) is 0. The number of hydrogen-bond donors (Lipinski definition) is 0. The van der Waals surface area contributed by atoms with Gasteiger partial charge < -0.3 is 9.47 Å². The van der Waals surface area contributed by atoms with Crippen LogP contribution >= 0.6 is 11.8 Å². The fourth-order valence-electron chi connectivity index (χ4n) is 3.19. The van der Waals surface area contributed by atoms with E-state index in [1.807, 2.05) is 62.4 Å². The molecule has 3 aromatic carbocycles. The first-order valence-corrected chi connectivity index (χ1v) is 11.4. The molecule has 1 aromatic heterocycles. The monoisotopic (exact) mass is 449 g/mol. The summed E-state index contributed by atoms with van der Waals surface area (Å²) >= 11 is 1.47. The van der Waals surface area contributed by atoms with Crippen LogP contribution in [0, 0.1) is 12.7 Å². The van der Waals surface area contributed by atoms with Crippen LogP contribution < -0.4 is 9.47 Å². The molecule has 4 aromatic rings. The average molecular weight is 450 g/mol. The molecule has 0 saturated heterocycles. The Bertz CT molecular complexity index is 1160. The number of ether oxygens (including phenoxy) is 2. The van der Waals surface area contributed by atoms with E-state index in [1.54, 1.807) is 22.8 Å². The second-order valence-corrected chi connectivity index (χ2v) is 8.12. The fraction of sp³-hybridized carbons (Fsp3) is 0.200. The summed E-state index contributed by atoms with van der Waals surface area (Å²) in [5.41, 5.74) is 2.42. The van der Waals surface area contributed by atoms with Gasteiger partial charge in [-0.25, -0.2) is 4.39 Å². The zero-order valence-corrected chi connectivity index (χ0v) is 18.8. The molecule has 32 heavy (non-hydrogen) atoms. The molecule has 0 unspecified atom stereocenters. The average Bonchev–Trinajstić information content (AvgIpc) is 3.22. The maximum atomic E-state index is 14.7. The standard InChI is InChI=1S/C25H24FN3O2S/c1-3-30-20-14-10-19(11-15-20)24-27-28-25(29(24)23-7-5-4-6-22(23)26)32-17-16-31-21-12-8-18(2)9-13-21/h4-15H,3,16-17H2,1-2H3. The number of thioether (sulfide) groups is 1. The van der Waals surface area contributed by atoms with E-state index in [2.05, 4.69) is 10.2 Å². The van der Waals surface area contributed by atoms with E-state index in [1.165, 1.54) is 23.4 Å². The van der Waals surface area contributed by atoms with E-state index in [-0.39, 0.29) is 5.82 Å². The van der Waals surface area contributed by atoms with Gasteiger partial charge in [0.25, 0.3) is 0 Å². The lowest BCUT2D eigenvalue weighted by atomic mass is 10.2. The summed E-state index contributed by atoms with van der Waals surface area (Å²) in [5.74, 6) is 2.47. The molecule has 0 saturated carbocycles. The highest BCUT2D eigenvalue weighted by Crippen LogP contribution is 2.30. The van der Waals surface area contributed by atoms with Gasteiger partial charge in [0, 0.05) is 11.3 Å². The van der Waals surface area contributed by atoms with E-state index in [9.17, 15) is 4.39 Å². The van der Waals surface area contributed by atoms with Crippen molar-refractivity contribution in [3.8, 4) is 28.6 Å². The summed E-state index contributed by atoms with van der Waals surface area (Å²) in [4.78, 5) is 0. The third-order valence-electron chi connectivity index (χ3n) is 4.75. The summed E-state index contributed by atoms with van der Waals surface area (Å²) in [6, 6.07) is 22.1. The summed E-state index contributed by atoms with van der Waals surface area (Å²) in [6.45, 7) is 5.07. The fourth-order valence-corrected chi connectivity index (χ4v) is 3.96. The zero-order chi connectivity index (χ0) is 22.3. The van der Waals surface area contributed by atoms with E-state index < -0.39 is 0 Å². The smallest absolute Gasteiger partial charge is 0.196 e. The molecule has 0 aliphatic carbocycles. The van der Waals surface area contributed by atoms with Crippen molar-refractivity contribution in [3.05, 3.63) is 84.2 Å². The van der Waals surface area contributed by atoms with Gasteiger partial charge in [-0.3, -0.25) is 4.57 Å². The van der Waals surface area contributed by atoms with Crippen molar-refractivity contribution in [3.63, 3.8) is 0 Å². The van der Waals surface area contributed by atoms with Crippen molar-refractivity contribution >= 4 is 11.8 Å². The number of nitrogens with zero attached hydrogens (tertiary/aromatic N) is 3. The molecule has 0 fully saturated rings. The summed E-state index contributed by atoms with van der Waals surface area (Å²) in [5, 5.41) is 9.32. The van der Waals surface area contributed by atoms with Gasteiger partial charge in [0.15, 0.2) is 11.0 Å². The number of hydrogen-bond acceptors (Lipinski definition) is 5. The van der Waals surface area contributed by atoms with Crippen molar-refractivity contribution in [1.29, 1.82) is 0 Å². The molecule has 7 heteroatoms. The Morgan fingerprint density at radius 1 is 0.875 bits per heavy atom. The highest BCUT2D eigenvalue weighted by Gasteiger charge is 2.18. The predicted octanol–water partition coefficient (Wildman–Crippen LogP) is 5.95. The molecular formula is C25H24FN3O2S. The van der Waals surface area contributed by atoms with Gasteiger partial charge in [0.2, 0.25) is 0 Å². The third kappa shape index (κ3) is 5.11. The summed E-state index contributed by atoms with van der Waals surface area (Å²) < 4.78 is 27.8. The third-order valence-corrected chi connectivity index (χ3v) is 5.65. The Morgan fingerprint density at radius 3 is 2.28 bits per heavy atom. The van der Waals surface area contributed by atoms with Crippen molar-refractivity contribution < 1.29 is 13.9 Å². The zero-order valence-electron chi connectivity index (χ0n) is 18.0. The molecule has 0 amide bonds. The van der Waals surface area contributed by atoms with Gasteiger partial charge in [-0.15, -0.1) is 10.2 Å². The van der Waals surface area contributed by atoms with Crippen LogP contribution in [0.1, 0.15) is 12.5 Å². The lowest BCUT2D eigenvalue weighted by Gasteiger charge is -2.12. The molecule has 1 heterocycles. The molecule has 0 spiro atoms. The number of benzene rings is 3. The van der Waals surface area contributed by atoms with Crippen LogP contribution in [0.2, 0.25) is 0 Å². The quantitative estimate of drug-likeness (QED) is 0.233. The van der Waals surface area contributed by atoms with Crippen molar-refractivity contribution in [1.82, 2.24) is 14.8 Å². The highest BCUT2D eigenvalue weighted by molar-refractivity contribution is 7.99. The lowest BCUT2D eigenvalue weighted by Crippen LogP contribution is -2.05. The van der Waals surface area contributed by atoms with Crippen molar-refractivity contribution in [2.45, 2.75) is 19.0 Å². The molecule has 0 bridgehead atoms. The maximum absolute atomic E-state index is 14.7. The first kappa shape index (κ1) is 21.9. The molecule has 0 radical (unpaired) electrons. The van der Waals surface area contributed by atoms with E-state index in [0.29, 0.717) is 35.6 Å². The minimum Gasteiger partial charge on any atom is -0.494 e. The number of aromatic nitrogens is 3. The Kier molecular flexibility index (Phi) is 7.07. The number of halogens is 1. The number of aryl methyl sites for hydroxylation is 1. The normalized spacial score (nSPS) is 10.8. The largest absolute Gasteiger partial charge is 0.494 e. The summed E-state index contributed by atoms with van der Waals surface area (Å²) in [7, 11) is 0. The SMILES string of the molecule is CCOc1ccc(-c2nnc(SCCOc3ccc(C)cc3)n2-c2ccccc2F)cc1. The topological polar surface area (TPSA) is 49.2 Å². The number of para-hydroxylation sites is 1. The van der Waals surface area contributed by atoms with Crippen LogP contribution in [0.5, 0.6) is 11.5 Å². The van der Waals surface area contributed by atoms with Gasteiger partial charge in [0.05, 0.1) is 18.9 Å². The molecule has 5 nitrogen and oxygen atoms in total. The molecule has 0 N–H and O–H groups in total. The van der Waals surface area contributed by atoms with Gasteiger partial charge in [0.1, 0.15) is 17.3 Å².